The fourth-order valence-corrected chi connectivity index (χ4v) is 0.979. The second-order valence-corrected chi connectivity index (χ2v) is 3.04. The zero-order valence-corrected chi connectivity index (χ0v) is 12.1. The van der Waals surface area contributed by atoms with E-state index in [1.165, 1.54) is 24.5 Å². The van der Waals surface area contributed by atoms with Gasteiger partial charge in [-0.3, -0.25) is 0 Å². The predicted octanol–water partition coefficient (Wildman–Crippen LogP) is 1.18. The van der Waals surface area contributed by atoms with Crippen LogP contribution in [-0.2, 0) is 0 Å². The van der Waals surface area contributed by atoms with Gasteiger partial charge >= 0.3 is 11.9 Å². The Hall–Kier alpha value is -1.50. The third-order valence-electron chi connectivity index (χ3n) is 1.77. The van der Waals surface area contributed by atoms with Gasteiger partial charge in [0.15, 0.2) is 0 Å². The molecule has 0 aliphatic heterocycles. The van der Waals surface area contributed by atoms with Crippen LogP contribution >= 0.6 is 0 Å². The molecule has 2 aromatic heterocycles. The summed E-state index contributed by atoms with van der Waals surface area (Å²) in [6.45, 7) is 0. The first-order valence-electron chi connectivity index (χ1n) is 4.90. The van der Waals surface area contributed by atoms with Gasteiger partial charge in [0.1, 0.15) is 11.4 Å². The van der Waals surface area contributed by atoms with E-state index >= 15 is 0 Å². The third-order valence-corrected chi connectivity index (χ3v) is 1.77. The van der Waals surface area contributed by atoms with E-state index in [1.807, 2.05) is 0 Å². The summed E-state index contributed by atoms with van der Waals surface area (Å²) in [5, 5.41) is 16.6. The van der Waals surface area contributed by atoms with Crippen LogP contribution in [0, 0.1) is 0 Å². The van der Waals surface area contributed by atoms with Crippen molar-refractivity contribution < 1.29 is 19.8 Å². The molecule has 0 saturated carbocycles. The standard InChI is InChI=1S/2C6H5NO2.Ca/c2*8-6(9)5-3-1-2-4-7-5;/h2*1-4H,(H,8,9);. The number of aromatic carboxylic acids is 2. The molecular weight excluding hydrogens is 276 g/mol. The number of carbonyl (C=O) groups is 2. The first kappa shape index (κ1) is 17.5. The van der Waals surface area contributed by atoms with Crippen molar-refractivity contribution in [3.63, 3.8) is 0 Å². The van der Waals surface area contributed by atoms with E-state index in [0.29, 0.717) is 0 Å². The minimum atomic E-state index is -0.990. The Morgan fingerprint density at radius 1 is 0.789 bits per heavy atom. The fourth-order valence-electron chi connectivity index (χ4n) is 0.979. The van der Waals surface area contributed by atoms with Gasteiger partial charge in [-0.2, -0.15) is 0 Å². The van der Waals surface area contributed by atoms with Crippen LogP contribution < -0.4 is 0 Å². The van der Waals surface area contributed by atoms with E-state index in [4.69, 9.17) is 10.2 Å². The second-order valence-electron chi connectivity index (χ2n) is 3.04. The Morgan fingerprint density at radius 2 is 1.16 bits per heavy atom. The number of nitrogens with zero attached hydrogens (tertiary/aromatic N) is 2. The van der Waals surface area contributed by atoms with E-state index in [0.717, 1.165) is 0 Å². The Bertz CT molecular complexity index is 470. The molecule has 2 heterocycles. The number of hydrogen-bond acceptors (Lipinski definition) is 4. The number of carboxylic acids is 2. The zero-order chi connectivity index (χ0) is 13.4. The van der Waals surface area contributed by atoms with Gasteiger partial charge in [-0.1, -0.05) is 12.1 Å². The van der Waals surface area contributed by atoms with Crippen molar-refractivity contribution in [3.8, 4) is 0 Å². The largest absolute Gasteiger partial charge is 0.477 e. The fraction of sp³-hybridized carbons (Fsp3) is 0. The van der Waals surface area contributed by atoms with Crippen LogP contribution in [0.5, 0.6) is 0 Å². The van der Waals surface area contributed by atoms with Gasteiger partial charge in [-0.05, 0) is 24.3 Å². The van der Waals surface area contributed by atoms with E-state index in [-0.39, 0.29) is 49.1 Å². The Balaban J connectivity index is 0.000000324. The molecule has 0 bridgehead atoms. The summed E-state index contributed by atoms with van der Waals surface area (Å²) < 4.78 is 0. The molecule has 0 aliphatic carbocycles. The molecule has 0 aliphatic rings. The molecule has 0 spiro atoms. The molecule has 7 heteroatoms. The van der Waals surface area contributed by atoms with Crippen LogP contribution in [0.15, 0.2) is 48.8 Å². The first-order chi connectivity index (χ1) is 8.61. The molecule has 0 saturated heterocycles. The molecule has 2 rings (SSSR count). The quantitative estimate of drug-likeness (QED) is 0.804. The number of hydrogen-bond donors (Lipinski definition) is 2. The second kappa shape index (κ2) is 9.43. The van der Waals surface area contributed by atoms with Crippen molar-refractivity contribution in [2.75, 3.05) is 0 Å². The van der Waals surface area contributed by atoms with Crippen LogP contribution in [0.3, 0.4) is 0 Å². The van der Waals surface area contributed by atoms with Crippen molar-refractivity contribution in [2.24, 2.45) is 0 Å². The minimum absolute atomic E-state index is 0. The number of rotatable bonds is 2. The summed E-state index contributed by atoms with van der Waals surface area (Å²) in [4.78, 5) is 27.4. The number of carboxylic acid groups (broad SMARTS) is 2. The predicted molar refractivity (Wildman–Crippen MR) is 68.1 cm³/mol. The SMILES string of the molecule is O=C(O)c1ccccn1.O=C(O)c1ccccn1.[Ca]. The topological polar surface area (TPSA) is 100 Å². The van der Waals surface area contributed by atoms with Crippen molar-refractivity contribution in [2.45, 2.75) is 0 Å². The number of aromatic nitrogens is 2. The maximum atomic E-state index is 10.1. The molecule has 2 aromatic rings. The van der Waals surface area contributed by atoms with Crippen molar-refractivity contribution >= 4 is 49.7 Å². The van der Waals surface area contributed by atoms with Gasteiger partial charge in [-0.25, -0.2) is 19.6 Å². The Kier molecular flexibility index (Phi) is 8.69. The van der Waals surface area contributed by atoms with E-state index in [2.05, 4.69) is 9.97 Å². The molecule has 0 unspecified atom stereocenters. The van der Waals surface area contributed by atoms with Gasteiger partial charge in [0.05, 0.1) is 0 Å². The van der Waals surface area contributed by atoms with Crippen LogP contribution in [0.2, 0.25) is 0 Å². The Labute approximate surface area is 139 Å². The average molecular weight is 286 g/mol. The smallest absolute Gasteiger partial charge is 0.354 e. The van der Waals surface area contributed by atoms with Gasteiger partial charge in [0, 0.05) is 50.1 Å². The van der Waals surface area contributed by atoms with Gasteiger partial charge in [0.2, 0.25) is 0 Å². The van der Waals surface area contributed by atoms with Gasteiger partial charge in [-0.15, -0.1) is 0 Å². The molecule has 94 valence electrons. The molecule has 19 heavy (non-hydrogen) atoms. The molecule has 2 radical (unpaired) electrons. The van der Waals surface area contributed by atoms with Crippen LogP contribution in [0.4, 0.5) is 0 Å². The van der Waals surface area contributed by atoms with Crippen LogP contribution in [0.1, 0.15) is 21.0 Å². The summed E-state index contributed by atoms with van der Waals surface area (Å²) in [5.74, 6) is -1.98. The molecule has 6 nitrogen and oxygen atoms in total. The molecular formula is C12H10CaN2O4. The summed E-state index contributed by atoms with van der Waals surface area (Å²) in [6.07, 6.45) is 2.90. The third kappa shape index (κ3) is 6.85. The van der Waals surface area contributed by atoms with Gasteiger partial charge < -0.3 is 10.2 Å². The van der Waals surface area contributed by atoms with Crippen LogP contribution in [-0.4, -0.2) is 69.9 Å². The summed E-state index contributed by atoms with van der Waals surface area (Å²) >= 11 is 0. The van der Waals surface area contributed by atoms with E-state index in [9.17, 15) is 9.59 Å². The average Bonchev–Trinajstić information content (AvgIpc) is 2.41. The summed E-state index contributed by atoms with van der Waals surface area (Å²) in [5.41, 5.74) is 0.162. The normalized spacial score (nSPS) is 8.42. The van der Waals surface area contributed by atoms with Crippen LogP contribution in [0.25, 0.3) is 0 Å². The molecule has 0 aromatic carbocycles. The van der Waals surface area contributed by atoms with Gasteiger partial charge in [0.25, 0.3) is 0 Å². The molecule has 2 N–H and O–H groups in total. The summed E-state index contributed by atoms with van der Waals surface area (Å²) in [6, 6.07) is 9.51. The van der Waals surface area contributed by atoms with Crippen molar-refractivity contribution in [3.05, 3.63) is 60.2 Å². The first-order valence-corrected chi connectivity index (χ1v) is 4.90. The van der Waals surface area contributed by atoms with E-state index < -0.39 is 11.9 Å². The molecule has 0 atom stereocenters. The maximum Gasteiger partial charge on any atom is 0.354 e. The molecule has 0 amide bonds. The maximum absolute atomic E-state index is 10.1. The minimum Gasteiger partial charge on any atom is -0.477 e. The zero-order valence-electron chi connectivity index (χ0n) is 9.93. The van der Waals surface area contributed by atoms with Crippen molar-refractivity contribution in [1.82, 2.24) is 9.97 Å². The number of pyridine rings is 2. The monoisotopic (exact) mass is 286 g/mol. The van der Waals surface area contributed by atoms with Crippen molar-refractivity contribution in [1.29, 1.82) is 0 Å². The Morgan fingerprint density at radius 3 is 1.32 bits per heavy atom. The van der Waals surface area contributed by atoms with E-state index in [1.54, 1.807) is 24.3 Å². The summed E-state index contributed by atoms with van der Waals surface area (Å²) in [7, 11) is 0. The molecule has 0 fully saturated rings.